The van der Waals surface area contributed by atoms with Gasteiger partial charge in [-0.25, -0.2) is 0 Å². The maximum absolute atomic E-state index is 5.15. The minimum Gasteiger partial charge on any atom is -0.334 e. The van der Waals surface area contributed by atoms with E-state index in [0.29, 0.717) is 17.9 Å². The fourth-order valence-electron chi connectivity index (χ4n) is 2.65. The number of nitrogens with zero attached hydrogens (tertiary/aromatic N) is 4. The van der Waals surface area contributed by atoms with Crippen molar-refractivity contribution in [1.82, 2.24) is 19.9 Å². The highest BCUT2D eigenvalue weighted by molar-refractivity contribution is 5.86. The molecule has 1 aliphatic carbocycles. The molecule has 0 unspecified atom stereocenters. The van der Waals surface area contributed by atoms with Gasteiger partial charge in [-0.1, -0.05) is 5.16 Å². The van der Waals surface area contributed by atoms with Gasteiger partial charge in [0.15, 0.2) is 6.33 Å². The second-order valence-electron chi connectivity index (χ2n) is 5.68. The Morgan fingerprint density at radius 3 is 2.80 bits per heavy atom. The molecule has 0 saturated heterocycles. The number of benzene rings is 1. The first-order valence-corrected chi connectivity index (χ1v) is 7.03. The number of hydrogen-bond donors (Lipinski definition) is 0. The molecule has 1 aromatic carbocycles. The Morgan fingerprint density at radius 2 is 2.15 bits per heavy atom. The first-order chi connectivity index (χ1) is 9.74. The van der Waals surface area contributed by atoms with E-state index < -0.39 is 0 Å². The van der Waals surface area contributed by atoms with Crippen molar-refractivity contribution in [1.29, 1.82) is 0 Å². The molecule has 0 amide bonds. The molecule has 2 aromatic heterocycles. The zero-order chi connectivity index (χ0) is 13.7. The van der Waals surface area contributed by atoms with E-state index in [1.807, 2.05) is 6.07 Å². The van der Waals surface area contributed by atoms with Crippen LogP contribution >= 0.6 is 0 Å². The van der Waals surface area contributed by atoms with Gasteiger partial charge >= 0.3 is 0 Å². The predicted molar refractivity (Wildman–Crippen MR) is 75.4 cm³/mol. The van der Waals surface area contributed by atoms with Crippen LogP contribution in [0.15, 0.2) is 29.0 Å². The van der Waals surface area contributed by atoms with Crippen molar-refractivity contribution in [3.8, 4) is 11.5 Å². The summed E-state index contributed by atoms with van der Waals surface area (Å²) in [7, 11) is 0. The summed E-state index contributed by atoms with van der Waals surface area (Å²) < 4.78 is 7.26. The van der Waals surface area contributed by atoms with Crippen molar-refractivity contribution in [2.75, 3.05) is 0 Å². The molecule has 0 atom stereocenters. The van der Waals surface area contributed by atoms with Crippen molar-refractivity contribution in [3.63, 3.8) is 0 Å². The van der Waals surface area contributed by atoms with E-state index in [1.165, 1.54) is 35.8 Å². The molecule has 4 rings (SSSR count). The lowest BCUT2D eigenvalue weighted by atomic mass is 10.1. The van der Waals surface area contributed by atoms with Crippen LogP contribution in [0.5, 0.6) is 0 Å². The third-order valence-electron chi connectivity index (χ3n) is 3.80. The van der Waals surface area contributed by atoms with E-state index in [2.05, 4.69) is 40.8 Å². The quantitative estimate of drug-likeness (QED) is 0.729. The van der Waals surface area contributed by atoms with Gasteiger partial charge in [0, 0.05) is 22.9 Å². The van der Waals surface area contributed by atoms with Gasteiger partial charge in [-0.15, -0.1) is 0 Å². The summed E-state index contributed by atoms with van der Waals surface area (Å²) in [5.74, 6) is 1.18. The van der Waals surface area contributed by atoms with E-state index in [4.69, 9.17) is 9.62 Å². The highest BCUT2D eigenvalue weighted by Crippen LogP contribution is 2.43. The standard InChI is InChI=1S/C15H16N4O/c1-9(2)19-13-6-5-11(15-16-8-17-20-15)7-12(13)14(18-19)10-3-4-10/h5-10H,3-4H2,1-2H3. The summed E-state index contributed by atoms with van der Waals surface area (Å²) in [5, 5.41) is 9.72. The van der Waals surface area contributed by atoms with Crippen LogP contribution in [0.1, 0.15) is 44.3 Å². The van der Waals surface area contributed by atoms with Crippen molar-refractivity contribution in [2.45, 2.75) is 38.6 Å². The third-order valence-corrected chi connectivity index (χ3v) is 3.80. The van der Waals surface area contributed by atoms with E-state index in [9.17, 15) is 0 Å². The molecule has 5 heteroatoms. The average molecular weight is 268 g/mol. The summed E-state index contributed by atoms with van der Waals surface area (Å²) >= 11 is 0. The summed E-state index contributed by atoms with van der Waals surface area (Å²) in [5.41, 5.74) is 3.36. The largest absolute Gasteiger partial charge is 0.334 e. The molecule has 5 nitrogen and oxygen atoms in total. The molecule has 0 radical (unpaired) electrons. The molecule has 0 spiro atoms. The number of aromatic nitrogens is 4. The Balaban J connectivity index is 1.94. The summed E-state index contributed by atoms with van der Waals surface area (Å²) in [6.45, 7) is 4.32. The molecular weight excluding hydrogens is 252 g/mol. The maximum atomic E-state index is 5.15. The van der Waals surface area contributed by atoms with Crippen molar-refractivity contribution < 1.29 is 4.52 Å². The fraction of sp³-hybridized carbons (Fsp3) is 0.400. The summed E-state index contributed by atoms with van der Waals surface area (Å²) in [6.07, 6.45) is 3.92. The van der Waals surface area contributed by atoms with Gasteiger partial charge in [0.25, 0.3) is 5.89 Å². The molecule has 0 aliphatic heterocycles. The van der Waals surface area contributed by atoms with Crippen LogP contribution in [0.2, 0.25) is 0 Å². The second-order valence-corrected chi connectivity index (χ2v) is 5.68. The van der Waals surface area contributed by atoms with Gasteiger partial charge < -0.3 is 4.52 Å². The van der Waals surface area contributed by atoms with Gasteiger partial charge in [-0.3, -0.25) is 4.68 Å². The maximum Gasteiger partial charge on any atom is 0.257 e. The second kappa shape index (κ2) is 4.16. The number of rotatable bonds is 3. The minimum atomic E-state index is 0.360. The molecule has 1 fully saturated rings. The predicted octanol–water partition coefficient (Wildman–Crippen LogP) is 3.54. The van der Waals surface area contributed by atoms with Gasteiger partial charge in [0.2, 0.25) is 0 Å². The lowest BCUT2D eigenvalue weighted by molar-refractivity contribution is 0.430. The molecule has 3 aromatic rings. The molecule has 0 N–H and O–H groups in total. The van der Waals surface area contributed by atoms with Crippen molar-refractivity contribution in [3.05, 3.63) is 30.2 Å². The van der Waals surface area contributed by atoms with Gasteiger partial charge in [0.1, 0.15) is 0 Å². The molecule has 102 valence electrons. The Hall–Kier alpha value is -2.17. The van der Waals surface area contributed by atoms with Crippen LogP contribution in [-0.4, -0.2) is 19.9 Å². The first-order valence-electron chi connectivity index (χ1n) is 7.03. The van der Waals surface area contributed by atoms with Crippen LogP contribution in [0, 0.1) is 0 Å². The van der Waals surface area contributed by atoms with Crippen LogP contribution < -0.4 is 0 Å². The molecule has 2 heterocycles. The molecule has 1 saturated carbocycles. The monoisotopic (exact) mass is 268 g/mol. The minimum absolute atomic E-state index is 0.360. The Bertz CT molecular complexity index is 754. The highest BCUT2D eigenvalue weighted by Gasteiger charge is 2.29. The van der Waals surface area contributed by atoms with E-state index in [0.717, 1.165) is 5.56 Å². The Labute approximate surface area is 116 Å². The first kappa shape index (κ1) is 11.6. The molecule has 0 bridgehead atoms. The zero-order valence-electron chi connectivity index (χ0n) is 11.6. The smallest absolute Gasteiger partial charge is 0.257 e. The van der Waals surface area contributed by atoms with Crippen LogP contribution in [0.4, 0.5) is 0 Å². The van der Waals surface area contributed by atoms with Crippen LogP contribution in [0.25, 0.3) is 22.4 Å². The highest BCUT2D eigenvalue weighted by atomic mass is 16.5. The normalized spacial score (nSPS) is 15.3. The van der Waals surface area contributed by atoms with Gasteiger partial charge in [0.05, 0.1) is 11.2 Å². The third kappa shape index (κ3) is 1.73. The number of fused-ring (bicyclic) bond motifs is 1. The lowest BCUT2D eigenvalue weighted by Crippen LogP contribution is -2.02. The Kier molecular flexibility index (Phi) is 2.42. The van der Waals surface area contributed by atoms with Crippen molar-refractivity contribution in [2.24, 2.45) is 0 Å². The summed E-state index contributed by atoms with van der Waals surface area (Å²) in [4.78, 5) is 4.12. The molecule has 20 heavy (non-hydrogen) atoms. The van der Waals surface area contributed by atoms with Gasteiger partial charge in [-0.05, 0) is 44.9 Å². The van der Waals surface area contributed by atoms with Crippen LogP contribution in [0.3, 0.4) is 0 Å². The van der Waals surface area contributed by atoms with E-state index >= 15 is 0 Å². The number of hydrogen-bond acceptors (Lipinski definition) is 4. The molecule has 1 aliphatic rings. The SMILES string of the molecule is CC(C)n1nc(C2CC2)c2cc(-c3ncno3)ccc21. The molecular formula is C15H16N4O. The van der Waals surface area contributed by atoms with E-state index in [1.54, 1.807) is 0 Å². The lowest BCUT2D eigenvalue weighted by Gasteiger charge is -2.06. The van der Waals surface area contributed by atoms with Crippen molar-refractivity contribution >= 4 is 10.9 Å². The zero-order valence-corrected chi connectivity index (χ0v) is 11.6. The Morgan fingerprint density at radius 1 is 1.30 bits per heavy atom. The van der Waals surface area contributed by atoms with E-state index in [-0.39, 0.29) is 0 Å². The topological polar surface area (TPSA) is 56.7 Å². The fourth-order valence-corrected chi connectivity index (χ4v) is 2.65. The summed E-state index contributed by atoms with van der Waals surface area (Å²) in [6, 6.07) is 6.61. The average Bonchev–Trinajstić information content (AvgIpc) is 3.02. The van der Waals surface area contributed by atoms with Gasteiger partial charge in [-0.2, -0.15) is 10.1 Å². The van der Waals surface area contributed by atoms with Crippen LogP contribution in [-0.2, 0) is 0 Å².